The molecule has 1 aromatic carbocycles. The Balaban J connectivity index is 1.71. The van der Waals surface area contributed by atoms with Crippen molar-refractivity contribution in [3.8, 4) is 0 Å². The molecule has 1 aromatic rings. The molecule has 2 heterocycles. The van der Waals surface area contributed by atoms with Gasteiger partial charge in [-0.2, -0.15) is 0 Å². The molecule has 1 atom stereocenters. The molecule has 0 aromatic heterocycles. The van der Waals surface area contributed by atoms with E-state index < -0.39 is 0 Å². The first kappa shape index (κ1) is 21.6. The lowest BCUT2D eigenvalue weighted by atomic mass is 10.1. The molecule has 2 aliphatic heterocycles. The maximum Gasteiger partial charge on any atom is 0.253 e. The van der Waals surface area contributed by atoms with Gasteiger partial charge in [-0.05, 0) is 56.7 Å². The lowest BCUT2D eigenvalue weighted by molar-refractivity contribution is -0.116. The zero-order valence-electron chi connectivity index (χ0n) is 17.7. The molecule has 29 heavy (non-hydrogen) atoms. The Bertz CT molecular complexity index is 680. The number of amides is 2. The van der Waals surface area contributed by atoms with E-state index in [0.29, 0.717) is 24.2 Å². The van der Waals surface area contributed by atoms with Gasteiger partial charge in [-0.25, -0.2) is 0 Å². The van der Waals surface area contributed by atoms with E-state index >= 15 is 0 Å². The van der Waals surface area contributed by atoms with Crippen LogP contribution >= 0.6 is 0 Å². The molecule has 0 saturated carbocycles. The van der Waals surface area contributed by atoms with Crippen molar-refractivity contribution in [1.29, 1.82) is 0 Å². The summed E-state index contributed by atoms with van der Waals surface area (Å²) < 4.78 is 5.63. The maximum absolute atomic E-state index is 13.0. The summed E-state index contributed by atoms with van der Waals surface area (Å²) in [6.07, 6.45) is 9.24. The van der Waals surface area contributed by atoms with Crippen molar-refractivity contribution >= 4 is 23.2 Å². The minimum Gasteiger partial charge on any atom is -0.376 e. The standard InChI is InChI=1S/C23H35N3O3/c1-2-3-5-10-22(27)25-18-11-12-21(26-13-6-4-7-14-26)20(16-18)23(28)24-17-19-9-8-15-29-19/h11-12,16,19H,2-10,13-15,17H2,1H3,(H,24,28)(H,25,27)/t19-/m1/s1. The average molecular weight is 402 g/mol. The fraction of sp³-hybridized carbons (Fsp3) is 0.652. The van der Waals surface area contributed by atoms with Gasteiger partial charge in [0.15, 0.2) is 0 Å². The molecule has 0 radical (unpaired) electrons. The van der Waals surface area contributed by atoms with Crippen molar-refractivity contribution in [3.05, 3.63) is 23.8 Å². The van der Waals surface area contributed by atoms with Crippen molar-refractivity contribution in [3.63, 3.8) is 0 Å². The Morgan fingerprint density at radius 3 is 2.69 bits per heavy atom. The molecule has 2 saturated heterocycles. The fourth-order valence-corrected chi connectivity index (χ4v) is 4.07. The van der Waals surface area contributed by atoms with Crippen molar-refractivity contribution in [2.75, 3.05) is 36.5 Å². The van der Waals surface area contributed by atoms with Crippen LogP contribution in [0.4, 0.5) is 11.4 Å². The lowest BCUT2D eigenvalue weighted by Gasteiger charge is -2.30. The number of hydrogen-bond acceptors (Lipinski definition) is 4. The van der Waals surface area contributed by atoms with Gasteiger partial charge in [-0.1, -0.05) is 19.8 Å². The van der Waals surface area contributed by atoms with E-state index in [2.05, 4.69) is 22.5 Å². The minimum atomic E-state index is -0.0943. The summed E-state index contributed by atoms with van der Waals surface area (Å²) in [5.74, 6) is -0.0851. The molecule has 2 fully saturated rings. The Kier molecular flexibility index (Phi) is 8.35. The number of ether oxygens (including phenoxy) is 1. The summed E-state index contributed by atoms with van der Waals surface area (Å²) in [4.78, 5) is 27.5. The van der Waals surface area contributed by atoms with Crippen LogP contribution in [0.15, 0.2) is 18.2 Å². The number of benzene rings is 1. The maximum atomic E-state index is 13.0. The number of anilines is 2. The second-order valence-corrected chi connectivity index (χ2v) is 8.13. The fourth-order valence-electron chi connectivity index (χ4n) is 4.07. The van der Waals surface area contributed by atoms with Gasteiger partial charge in [-0.15, -0.1) is 0 Å². The summed E-state index contributed by atoms with van der Waals surface area (Å²) in [7, 11) is 0. The second kappa shape index (κ2) is 11.2. The SMILES string of the molecule is CCCCCC(=O)Nc1ccc(N2CCCCC2)c(C(=O)NC[C@H]2CCCO2)c1. The highest BCUT2D eigenvalue weighted by Crippen LogP contribution is 2.27. The van der Waals surface area contributed by atoms with E-state index in [9.17, 15) is 9.59 Å². The van der Waals surface area contributed by atoms with Crippen molar-refractivity contribution in [1.82, 2.24) is 5.32 Å². The third-order valence-corrected chi connectivity index (χ3v) is 5.74. The second-order valence-electron chi connectivity index (χ2n) is 8.13. The molecule has 2 N–H and O–H groups in total. The van der Waals surface area contributed by atoms with E-state index in [1.54, 1.807) is 0 Å². The molecule has 2 aliphatic rings. The lowest BCUT2D eigenvalue weighted by Crippen LogP contribution is -2.35. The van der Waals surface area contributed by atoms with Gasteiger partial charge in [0.1, 0.15) is 0 Å². The van der Waals surface area contributed by atoms with Crippen LogP contribution in [0.2, 0.25) is 0 Å². The van der Waals surface area contributed by atoms with Crippen LogP contribution in [-0.2, 0) is 9.53 Å². The van der Waals surface area contributed by atoms with Crippen LogP contribution in [-0.4, -0.2) is 44.2 Å². The Labute approximate surface area is 174 Å². The van der Waals surface area contributed by atoms with E-state index in [0.717, 1.165) is 70.3 Å². The van der Waals surface area contributed by atoms with E-state index in [1.165, 1.54) is 6.42 Å². The van der Waals surface area contributed by atoms with E-state index in [4.69, 9.17) is 4.74 Å². The zero-order valence-corrected chi connectivity index (χ0v) is 17.7. The van der Waals surface area contributed by atoms with Gasteiger partial charge in [-0.3, -0.25) is 9.59 Å². The highest BCUT2D eigenvalue weighted by Gasteiger charge is 2.21. The number of rotatable bonds is 9. The molecule has 160 valence electrons. The molecule has 0 bridgehead atoms. The number of carbonyl (C=O) groups is 2. The first-order valence-corrected chi connectivity index (χ1v) is 11.3. The number of carbonyl (C=O) groups excluding carboxylic acids is 2. The van der Waals surface area contributed by atoms with Gasteiger partial charge in [0.05, 0.1) is 11.7 Å². The minimum absolute atomic E-state index is 0.00915. The summed E-state index contributed by atoms with van der Waals surface area (Å²) in [6.45, 7) is 5.37. The molecule has 0 aliphatic carbocycles. The number of unbranched alkanes of at least 4 members (excludes halogenated alkanes) is 2. The van der Waals surface area contributed by atoms with E-state index in [1.807, 2.05) is 18.2 Å². The van der Waals surface area contributed by atoms with Crippen LogP contribution in [0.5, 0.6) is 0 Å². The van der Waals surface area contributed by atoms with Crippen LogP contribution in [0, 0.1) is 0 Å². The molecule has 6 nitrogen and oxygen atoms in total. The third-order valence-electron chi connectivity index (χ3n) is 5.74. The van der Waals surface area contributed by atoms with Crippen molar-refractivity contribution in [2.24, 2.45) is 0 Å². The molecule has 3 rings (SSSR count). The van der Waals surface area contributed by atoms with Gasteiger partial charge >= 0.3 is 0 Å². The van der Waals surface area contributed by atoms with Gasteiger partial charge < -0.3 is 20.3 Å². The van der Waals surface area contributed by atoms with Gasteiger partial charge in [0.2, 0.25) is 5.91 Å². The quantitative estimate of drug-likeness (QED) is 0.611. The number of nitrogens with one attached hydrogen (secondary N) is 2. The largest absolute Gasteiger partial charge is 0.376 e. The normalized spacial score (nSPS) is 19.2. The Hall–Kier alpha value is -2.08. The molecular formula is C23H35N3O3. The van der Waals surface area contributed by atoms with Crippen LogP contribution in [0.25, 0.3) is 0 Å². The summed E-state index contributed by atoms with van der Waals surface area (Å²) >= 11 is 0. The predicted molar refractivity (Wildman–Crippen MR) is 117 cm³/mol. The Morgan fingerprint density at radius 2 is 1.97 bits per heavy atom. The van der Waals surface area contributed by atoms with Crippen molar-refractivity contribution < 1.29 is 14.3 Å². The highest BCUT2D eigenvalue weighted by atomic mass is 16.5. The van der Waals surface area contributed by atoms with Crippen molar-refractivity contribution in [2.45, 2.75) is 70.8 Å². The molecule has 0 spiro atoms. The van der Waals surface area contributed by atoms with Gasteiger partial charge in [0.25, 0.3) is 5.91 Å². The predicted octanol–water partition coefficient (Wildman–Crippen LogP) is 4.10. The van der Waals surface area contributed by atoms with Crippen LogP contribution in [0.3, 0.4) is 0 Å². The molecule has 2 amide bonds. The Morgan fingerprint density at radius 1 is 1.14 bits per heavy atom. The monoisotopic (exact) mass is 401 g/mol. The summed E-state index contributed by atoms with van der Waals surface area (Å²) in [5, 5.41) is 6.00. The zero-order chi connectivity index (χ0) is 20.5. The summed E-state index contributed by atoms with van der Waals surface area (Å²) in [6, 6.07) is 5.72. The van der Waals surface area contributed by atoms with E-state index in [-0.39, 0.29) is 17.9 Å². The first-order chi connectivity index (χ1) is 14.2. The third kappa shape index (κ3) is 6.46. The smallest absolute Gasteiger partial charge is 0.253 e. The summed E-state index contributed by atoms with van der Waals surface area (Å²) in [5.41, 5.74) is 2.28. The first-order valence-electron chi connectivity index (χ1n) is 11.3. The highest BCUT2D eigenvalue weighted by molar-refractivity contribution is 6.02. The molecule has 6 heteroatoms. The molecule has 0 unspecified atom stereocenters. The molecular weight excluding hydrogens is 366 g/mol. The number of hydrogen-bond donors (Lipinski definition) is 2. The average Bonchev–Trinajstić information content (AvgIpc) is 3.26. The van der Waals surface area contributed by atoms with Crippen LogP contribution < -0.4 is 15.5 Å². The number of nitrogens with zero attached hydrogens (tertiary/aromatic N) is 1. The number of piperidine rings is 1. The topological polar surface area (TPSA) is 70.7 Å². The van der Waals surface area contributed by atoms with Crippen LogP contribution in [0.1, 0.15) is 75.1 Å². The van der Waals surface area contributed by atoms with Gasteiger partial charge in [0, 0.05) is 44.0 Å².